The van der Waals surface area contributed by atoms with E-state index in [1.165, 1.54) is 0 Å². The van der Waals surface area contributed by atoms with Crippen molar-refractivity contribution in [2.24, 2.45) is 0 Å². The minimum absolute atomic E-state index is 0. The fourth-order valence-corrected chi connectivity index (χ4v) is 1.09. The second-order valence-corrected chi connectivity index (χ2v) is 2.33. The monoisotopic (exact) mass is 179 g/mol. The molecule has 1 aliphatic heterocycles. The lowest BCUT2D eigenvalue weighted by atomic mass is 10.1. The van der Waals surface area contributed by atoms with Gasteiger partial charge in [-0.2, -0.15) is 0 Å². The molecule has 0 radical (unpaired) electrons. The van der Waals surface area contributed by atoms with Gasteiger partial charge in [-0.05, 0) is 12.1 Å². The number of rotatable bonds is 0. The molecule has 0 bridgehead atoms. The van der Waals surface area contributed by atoms with Gasteiger partial charge in [0.25, 0.3) is 11.7 Å². The van der Waals surface area contributed by atoms with Crippen LogP contribution in [0.25, 0.3) is 0 Å². The normalized spacial score (nSPS) is 12.8. The Balaban J connectivity index is 0.000000531. The van der Waals surface area contributed by atoms with Crippen LogP contribution in [0.5, 0.6) is 0 Å². The zero-order valence-electron chi connectivity index (χ0n) is 7.63. The van der Waals surface area contributed by atoms with Crippen LogP contribution in [-0.2, 0) is 4.79 Å². The number of nitrogens with one attached hydrogen (secondary N) is 1. The van der Waals surface area contributed by atoms with Crippen molar-refractivity contribution in [3.05, 3.63) is 29.8 Å². The fraction of sp³-hybridized carbons (Fsp3) is 0.200. The van der Waals surface area contributed by atoms with Gasteiger partial charge >= 0.3 is 0 Å². The molecule has 0 aromatic heterocycles. The summed E-state index contributed by atoms with van der Waals surface area (Å²) in [5.41, 5.74) is 1.08. The number of para-hydroxylation sites is 1. The average Bonchev–Trinajstić information content (AvgIpc) is 2.47. The highest BCUT2D eigenvalue weighted by molar-refractivity contribution is 6.51. The van der Waals surface area contributed by atoms with Gasteiger partial charge in [0.05, 0.1) is 11.3 Å². The predicted molar refractivity (Wildman–Crippen MR) is 52.9 cm³/mol. The van der Waals surface area contributed by atoms with E-state index in [4.69, 9.17) is 0 Å². The summed E-state index contributed by atoms with van der Waals surface area (Å²) in [6.07, 6.45) is 0. The SMILES string of the molecule is CC.O=C1Nc2ccccc2C1=O.[HH]. The van der Waals surface area contributed by atoms with Crippen molar-refractivity contribution in [1.82, 2.24) is 0 Å². The summed E-state index contributed by atoms with van der Waals surface area (Å²) in [5, 5.41) is 2.46. The molecule has 0 atom stereocenters. The van der Waals surface area contributed by atoms with E-state index in [2.05, 4.69) is 5.32 Å². The largest absolute Gasteiger partial charge is 0.318 e. The van der Waals surface area contributed by atoms with Crippen molar-refractivity contribution in [1.29, 1.82) is 0 Å². The maximum atomic E-state index is 11.0. The van der Waals surface area contributed by atoms with Crippen LogP contribution in [0, 0.1) is 0 Å². The highest BCUT2D eigenvalue weighted by Gasteiger charge is 2.26. The van der Waals surface area contributed by atoms with Crippen LogP contribution in [0.4, 0.5) is 5.69 Å². The molecular formula is C10H13NO2. The molecule has 0 unspecified atom stereocenters. The average molecular weight is 179 g/mol. The number of benzene rings is 1. The Morgan fingerprint density at radius 2 is 1.77 bits per heavy atom. The highest BCUT2D eigenvalue weighted by atomic mass is 16.2. The first-order valence-electron chi connectivity index (χ1n) is 4.24. The van der Waals surface area contributed by atoms with E-state index in [1.54, 1.807) is 24.3 Å². The second kappa shape index (κ2) is 3.85. The van der Waals surface area contributed by atoms with E-state index in [0.717, 1.165) is 0 Å². The fourth-order valence-electron chi connectivity index (χ4n) is 1.09. The highest BCUT2D eigenvalue weighted by Crippen LogP contribution is 2.21. The molecule has 1 heterocycles. The van der Waals surface area contributed by atoms with Crippen LogP contribution in [0.2, 0.25) is 0 Å². The zero-order valence-corrected chi connectivity index (χ0v) is 7.63. The van der Waals surface area contributed by atoms with E-state index in [1.807, 2.05) is 13.8 Å². The molecule has 70 valence electrons. The topological polar surface area (TPSA) is 46.2 Å². The first-order valence-corrected chi connectivity index (χ1v) is 4.24. The Labute approximate surface area is 78.2 Å². The minimum atomic E-state index is -0.536. The van der Waals surface area contributed by atoms with Crippen LogP contribution >= 0.6 is 0 Å². The van der Waals surface area contributed by atoms with Crippen LogP contribution in [-0.4, -0.2) is 11.7 Å². The molecule has 3 nitrogen and oxygen atoms in total. The van der Waals surface area contributed by atoms with Crippen molar-refractivity contribution in [3.8, 4) is 0 Å². The Hall–Kier alpha value is -1.64. The summed E-state index contributed by atoms with van der Waals surface area (Å²) in [5.74, 6) is -0.980. The maximum Gasteiger partial charge on any atom is 0.296 e. The van der Waals surface area contributed by atoms with E-state index in [0.29, 0.717) is 11.3 Å². The van der Waals surface area contributed by atoms with Crippen LogP contribution in [0.3, 0.4) is 0 Å². The van der Waals surface area contributed by atoms with Crippen molar-refractivity contribution in [2.45, 2.75) is 13.8 Å². The lowest BCUT2D eigenvalue weighted by Gasteiger charge is -1.91. The van der Waals surface area contributed by atoms with E-state index in [9.17, 15) is 9.59 Å². The molecule has 0 aliphatic carbocycles. The quantitative estimate of drug-likeness (QED) is 0.620. The van der Waals surface area contributed by atoms with Crippen molar-refractivity contribution in [3.63, 3.8) is 0 Å². The number of hydrogen-bond donors (Lipinski definition) is 1. The van der Waals surface area contributed by atoms with Gasteiger partial charge in [0.2, 0.25) is 0 Å². The van der Waals surface area contributed by atoms with Crippen molar-refractivity contribution < 1.29 is 11.0 Å². The predicted octanol–water partition coefficient (Wildman–Crippen LogP) is 2.09. The summed E-state index contributed by atoms with van der Waals surface area (Å²) < 4.78 is 0. The minimum Gasteiger partial charge on any atom is -0.318 e. The van der Waals surface area contributed by atoms with Gasteiger partial charge in [0.15, 0.2) is 0 Å². The zero-order chi connectivity index (χ0) is 9.84. The Morgan fingerprint density at radius 1 is 1.15 bits per heavy atom. The molecule has 0 spiro atoms. The van der Waals surface area contributed by atoms with Gasteiger partial charge in [-0.15, -0.1) is 0 Å². The van der Waals surface area contributed by atoms with Crippen molar-refractivity contribution in [2.75, 3.05) is 5.32 Å². The van der Waals surface area contributed by atoms with Crippen LogP contribution in [0.15, 0.2) is 24.3 Å². The maximum absolute atomic E-state index is 11.0. The van der Waals surface area contributed by atoms with Gasteiger partial charge in [0.1, 0.15) is 0 Å². The molecule has 2 rings (SSSR count). The standard InChI is InChI=1S/C8H5NO2.C2H6.H2/c10-7-5-3-1-2-4-6(5)9-8(7)11;1-2;/h1-4H,(H,9,10,11);1-2H3;1H. The number of Topliss-reactive ketones (excluding diaryl/α,β-unsaturated/α-hetero) is 1. The molecule has 13 heavy (non-hydrogen) atoms. The van der Waals surface area contributed by atoms with Gasteiger partial charge in [-0.3, -0.25) is 9.59 Å². The molecule has 3 heteroatoms. The molecule has 0 fully saturated rings. The second-order valence-electron chi connectivity index (χ2n) is 2.33. The van der Waals surface area contributed by atoms with Gasteiger partial charge in [-0.1, -0.05) is 26.0 Å². The van der Waals surface area contributed by atoms with E-state index < -0.39 is 11.7 Å². The Bertz CT molecular complexity index is 350. The van der Waals surface area contributed by atoms with E-state index >= 15 is 0 Å². The van der Waals surface area contributed by atoms with Gasteiger partial charge in [-0.25, -0.2) is 0 Å². The number of ketones is 1. The Morgan fingerprint density at radius 3 is 2.38 bits per heavy atom. The summed E-state index contributed by atoms with van der Waals surface area (Å²) in [6.45, 7) is 4.00. The molecule has 1 aromatic rings. The third kappa shape index (κ3) is 1.59. The molecule has 1 N–H and O–H groups in total. The summed E-state index contributed by atoms with van der Waals surface area (Å²) >= 11 is 0. The number of hydrogen-bond acceptors (Lipinski definition) is 2. The molecule has 0 saturated heterocycles. The summed E-state index contributed by atoms with van der Waals surface area (Å²) in [4.78, 5) is 21.8. The number of amides is 1. The first kappa shape index (κ1) is 9.45. The molecule has 0 saturated carbocycles. The van der Waals surface area contributed by atoms with Crippen LogP contribution < -0.4 is 5.32 Å². The third-order valence-corrected chi connectivity index (χ3v) is 1.63. The van der Waals surface area contributed by atoms with E-state index in [-0.39, 0.29) is 1.43 Å². The molecule has 1 amide bonds. The third-order valence-electron chi connectivity index (χ3n) is 1.63. The lowest BCUT2D eigenvalue weighted by Crippen LogP contribution is -2.12. The summed E-state index contributed by atoms with van der Waals surface area (Å²) in [6, 6.07) is 6.85. The first-order chi connectivity index (χ1) is 6.29. The van der Waals surface area contributed by atoms with Crippen LogP contribution in [0.1, 0.15) is 25.6 Å². The van der Waals surface area contributed by atoms with Crippen molar-refractivity contribution >= 4 is 17.4 Å². The lowest BCUT2D eigenvalue weighted by molar-refractivity contribution is -0.112. The van der Waals surface area contributed by atoms with Gasteiger partial charge in [0, 0.05) is 1.43 Å². The van der Waals surface area contributed by atoms with Gasteiger partial charge < -0.3 is 5.32 Å². The number of carbonyl (C=O) groups is 2. The smallest absolute Gasteiger partial charge is 0.296 e. The number of anilines is 1. The summed E-state index contributed by atoms with van der Waals surface area (Å²) in [7, 11) is 0. The number of carbonyl (C=O) groups excluding carboxylic acids is 2. The number of fused-ring (bicyclic) bond motifs is 1. The Kier molecular flexibility index (Phi) is 2.80. The molecule has 1 aliphatic rings. The molecular weight excluding hydrogens is 166 g/mol. The molecule has 1 aromatic carbocycles.